The molecule has 0 aliphatic carbocycles. The number of methoxy groups -OCH3 is 2. The van der Waals surface area contributed by atoms with Crippen LogP contribution >= 0.6 is 0 Å². The smallest absolute Gasteiger partial charge is 0.311 e. The molecule has 0 radical (unpaired) electrons. The van der Waals surface area contributed by atoms with Crippen molar-refractivity contribution in [2.45, 2.75) is 45.6 Å². The number of hydrogen-bond acceptors (Lipinski definition) is 5. The summed E-state index contributed by atoms with van der Waals surface area (Å²) in [5.74, 6) is 1.55. The van der Waals surface area contributed by atoms with Gasteiger partial charge in [0.2, 0.25) is 5.91 Å². The van der Waals surface area contributed by atoms with Crippen molar-refractivity contribution in [3.63, 3.8) is 0 Å². The molecule has 1 aliphatic rings. The summed E-state index contributed by atoms with van der Waals surface area (Å²) in [5, 5.41) is 0. The van der Waals surface area contributed by atoms with Crippen molar-refractivity contribution in [1.82, 2.24) is 4.90 Å². The molecule has 1 unspecified atom stereocenters. The van der Waals surface area contributed by atoms with E-state index < -0.39 is 0 Å². The minimum Gasteiger partial charge on any atom is -0.497 e. The number of esters is 1. The summed E-state index contributed by atoms with van der Waals surface area (Å²) in [5.41, 5.74) is 3.30. The number of ether oxygens (including phenoxy) is 3. The number of rotatable bonds is 7. The van der Waals surface area contributed by atoms with Gasteiger partial charge in [-0.25, -0.2) is 0 Å². The van der Waals surface area contributed by atoms with E-state index >= 15 is 0 Å². The lowest BCUT2D eigenvalue weighted by Gasteiger charge is -2.38. The van der Waals surface area contributed by atoms with Crippen LogP contribution in [0.4, 0.5) is 0 Å². The minimum absolute atomic E-state index is 0.0878. The van der Waals surface area contributed by atoms with Crippen LogP contribution in [0.3, 0.4) is 0 Å². The van der Waals surface area contributed by atoms with Crippen molar-refractivity contribution >= 4 is 11.9 Å². The number of benzene rings is 2. The lowest BCUT2D eigenvalue weighted by molar-refractivity contribution is -0.134. The molecule has 1 heterocycles. The van der Waals surface area contributed by atoms with Gasteiger partial charge in [-0.15, -0.1) is 0 Å². The summed E-state index contributed by atoms with van der Waals surface area (Å²) in [6.07, 6.45) is 2.16. The van der Waals surface area contributed by atoms with Crippen molar-refractivity contribution in [3.8, 4) is 17.2 Å². The van der Waals surface area contributed by atoms with Gasteiger partial charge in [0.25, 0.3) is 0 Å². The SMILES string of the molecule is CCC(=O)Oc1cc(CC2c3ccc(OC)cc3CCN2C(=O)CC)ccc1OC. The molecule has 0 fully saturated rings. The molecule has 1 atom stereocenters. The zero-order valence-electron chi connectivity index (χ0n) is 18.1. The summed E-state index contributed by atoms with van der Waals surface area (Å²) in [6, 6.07) is 11.5. The molecule has 0 aromatic heterocycles. The lowest BCUT2D eigenvalue weighted by Crippen LogP contribution is -2.40. The number of carbonyl (C=O) groups is 2. The van der Waals surface area contributed by atoms with Crippen LogP contribution in [0.1, 0.15) is 49.4 Å². The molecule has 160 valence electrons. The zero-order chi connectivity index (χ0) is 21.7. The number of carbonyl (C=O) groups excluding carboxylic acids is 2. The first-order valence-corrected chi connectivity index (χ1v) is 10.3. The van der Waals surface area contributed by atoms with Gasteiger partial charge in [-0.05, 0) is 53.8 Å². The molecule has 6 nitrogen and oxygen atoms in total. The Labute approximate surface area is 177 Å². The van der Waals surface area contributed by atoms with E-state index in [-0.39, 0.29) is 24.3 Å². The maximum absolute atomic E-state index is 12.7. The van der Waals surface area contributed by atoms with Gasteiger partial charge in [0.05, 0.1) is 20.3 Å². The van der Waals surface area contributed by atoms with Crippen LogP contribution in [0.15, 0.2) is 36.4 Å². The topological polar surface area (TPSA) is 65.1 Å². The number of hydrogen-bond donors (Lipinski definition) is 0. The second kappa shape index (κ2) is 9.65. The first kappa shape index (κ1) is 21.7. The molecular weight excluding hydrogens is 382 g/mol. The number of amides is 1. The Balaban J connectivity index is 1.96. The standard InChI is InChI=1S/C24H29NO5/c1-5-23(26)25-12-11-17-15-18(28-3)8-9-19(17)20(25)13-16-7-10-21(29-4)22(14-16)30-24(27)6-2/h7-10,14-15,20H,5-6,11-13H2,1-4H3. The Morgan fingerprint density at radius 3 is 2.47 bits per heavy atom. The molecular formula is C24H29NO5. The minimum atomic E-state index is -0.316. The molecule has 0 N–H and O–H groups in total. The van der Waals surface area contributed by atoms with Crippen LogP contribution in [0.2, 0.25) is 0 Å². The predicted molar refractivity (Wildman–Crippen MR) is 114 cm³/mol. The van der Waals surface area contributed by atoms with Crippen molar-refractivity contribution < 1.29 is 23.8 Å². The van der Waals surface area contributed by atoms with E-state index in [1.54, 1.807) is 27.2 Å². The average Bonchev–Trinajstić information content (AvgIpc) is 2.78. The second-order valence-electron chi connectivity index (χ2n) is 7.29. The highest BCUT2D eigenvalue weighted by Gasteiger charge is 2.30. The average molecular weight is 411 g/mol. The van der Waals surface area contributed by atoms with E-state index in [1.165, 1.54) is 5.56 Å². The summed E-state index contributed by atoms with van der Waals surface area (Å²) >= 11 is 0. The van der Waals surface area contributed by atoms with Crippen molar-refractivity contribution in [3.05, 3.63) is 53.1 Å². The fraction of sp³-hybridized carbons (Fsp3) is 0.417. The van der Waals surface area contributed by atoms with Gasteiger partial charge in [0.1, 0.15) is 5.75 Å². The number of fused-ring (bicyclic) bond motifs is 1. The first-order valence-electron chi connectivity index (χ1n) is 10.3. The fourth-order valence-electron chi connectivity index (χ4n) is 3.88. The number of nitrogens with zero attached hydrogens (tertiary/aromatic N) is 1. The Bertz CT molecular complexity index is 924. The van der Waals surface area contributed by atoms with Crippen LogP contribution in [0.25, 0.3) is 0 Å². The highest BCUT2D eigenvalue weighted by molar-refractivity contribution is 5.77. The Morgan fingerprint density at radius 2 is 1.80 bits per heavy atom. The Hall–Kier alpha value is -3.02. The highest BCUT2D eigenvalue weighted by atomic mass is 16.6. The van der Waals surface area contributed by atoms with Crippen LogP contribution in [0, 0.1) is 0 Å². The molecule has 1 amide bonds. The third kappa shape index (κ3) is 4.58. The molecule has 2 aromatic carbocycles. The molecule has 0 spiro atoms. The maximum Gasteiger partial charge on any atom is 0.311 e. The van der Waals surface area contributed by atoms with E-state index in [2.05, 4.69) is 12.1 Å². The lowest BCUT2D eigenvalue weighted by atomic mass is 9.88. The Kier molecular flexibility index (Phi) is 6.98. The maximum atomic E-state index is 12.7. The largest absolute Gasteiger partial charge is 0.497 e. The van der Waals surface area contributed by atoms with Crippen LogP contribution in [0.5, 0.6) is 17.2 Å². The van der Waals surface area contributed by atoms with Crippen molar-refractivity contribution in [2.75, 3.05) is 20.8 Å². The van der Waals surface area contributed by atoms with Gasteiger partial charge in [-0.2, -0.15) is 0 Å². The van der Waals surface area contributed by atoms with Gasteiger partial charge in [-0.1, -0.05) is 26.0 Å². The fourth-order valence-corrected chi connectivity index (χ4v) is 3.88. The first-order chi connectivity index (χ1) is 14.5. The van der Waals surface area contributed by atoms with Gasteiger partial charge in [0.15, 0.2) is 11.5 Å². The molecule has 0 bridgehead atoms. The summed E-state index contributed by atoms with van der Waals surface area (Å²) in [7, 11) is 3.20. The Morgan fingerprint density at radius 1 is 1.00 bits per heavy atom. The molecule has 3 rings (SSSR count). The molecule has 2 aromatic rings. The highest BCUT2D eigenvalue weighted by Crippen LogP contribution is 2.37. The van der Waals surface area contributed by atoms with Crippen molar-refractivity contribution in [1.29, 1.82) is 0 Å². The quantitative estimate of drug-likeness (QED) is 0.507. The van der Waals surface area contributed by atoms with E-state index in [4.69, 9.17) is 14.2 Å². The van der Waals surface area contributed by atoms with E-state index in [9.17, 15) is 9.59 Å². The van der Waals surface area contributed by atoms with Crippen LogP contribution in [-0.4, -0.2) is 37.5 Å². The molecule has 30 heavy (non-hydrogen) atoms. The van der Waals surface area contributed by atoms with Gasteiger partial charge < -0.3 is 19.1 Å². The van der Waals surface area contributed by atoms with E-state index in [0.29, 0.717) is 30.9 Å². The molecule has 0 saturated heterocycles. The second-order valence-corrected chi connectivity index (χ2v) is 7.29. The van der Waals surface area contributed by atoms with E-state index in [1.807, 2.05) is 30.0 Å². The van der Waals surface area contributed by atoms with E-state index in [0.717, 1.165) is 23.3 Å². The van der Waals surface area contributed by atoms with Gasteiger partial charge in [-0.3, -0.25) is 9.59 Å². The van der Waals surface area contributed by atoms with Gasteiger partial charge >= 0.3 is 5.97 Å². The third-order valence-corrected chi connectivity index (χ3v) is 5.50. The molecule has 0 saturated carbocycles. The molecule has 6 heteroatoms. The van der Waals surface area contributed by atoms with Gasteiger partial charge in [0, 0.05) is 19.4 Å². The van der Waals surface area contributed by atoms with Crippen molar-refractivity contribution in [2.24, 2.45) is 0 Å². The van der Waals surface area contributed by atoms with Crippen LogP contribution < -0.4 is 14.2 Å². The monoisotopic (exact) mass is 411 g/mol. The zero-order valence-corrected chi connectivity index (χ0v) is 18.1. The summed E-state index contributed by atoms with van der Waals surface area (Å²) < 4.78 is 16.2. The summed E-state index contributed by atoms with van der Waals surface area (Å²) in [4.78, 5) is 26.4. The van der Waals surface area contributed by atoms with Crippen LogP contribution in [-0.2, 0) is 22.4 Å². The summed E-state index contributed by atoms with van der Waals surface area (Å²) in [6.45, 7) is 4.31. The predicted octanol–water partition coefficient (Wildman–Crippen LogP) is 4.10. The third-order valence-electron chi connectivity index (χ3n) is 5.50. The molecule has 1 aliphatic heterocycles. The normalized spacial score (nSPS) is 15.3.